The summed E-state index contributed by atoms with van der Waals surface area (Å²) >= 11 is 0. The fourth-order valence-electron chi connectivity index (χ4n) is 5.50. The van der Waals surface area contributed by atoms with E-state index in [4.69, 9.17) is 28.4 Å². The lowest BCUT2D eigenvalue weighted by Gasteiger charge is -2.13. The van der Waals surface area contributed by atoms with Crippen molar-refractivity contribution in [1.29, 1.82) is 0 Å². The molecule has 8 heteroatoms. The normalized spacial score (nSPS) is 11.6. The molecule has 8 nitrogen and oxygen atoms in total. The number of carbonyl (C=O) groups excluding carboxylic acids is 2. The van der Waals surface area contributed by atoms with Gasteiger partial charge in [0.25, 0.3) is 0 Å². The first-order chi connectivity index (χ1) is 26.4. The molecule has 0 atom stereocenters. The molecular formula is C46H42O8. The molecule has 6 aromatic rings. The molecule has 6 rings (SSSR count). The highest BCUT2D eigenvalue weighted by atomic mass is 16.5. The van der Waals surface area contributed by atoms with Gasteiger partial charge in [-0.15, -0.1) is 0 Å². The number of ether oxygens (including phenoxy) is 6. The molecule has 0 aromatic heterocycles. The van der Waals surface area contributed by atoms with Crippen LogP contribution in [0.25, 0.3) is 32.7 Å². The van der Waals surface area contributed by atoms with E-state index >= 15 is 0 Å². The minimum Gasteiger partial charge on any atom is -0.493 e. The smallest absolute Gasteiger partial charge is 0.336 e. The number of hydrogen-bond acceptors (Lipinski definition) is 8. The van der Waals surface area contributed by atoms with Crippen molar-refractivity contribution >= 4 is 33.5 Å². The first kappa shape index (κ1) is 37.2. The number of rotatable bonds is 17. The van der Waals surface area contributed by atoms with E-state index in [1.165, 1.54) is 12.5 Å². The van der Waals surface area contributed by atoms with Gasteiger partial charge in [-0.1, -0.05) is 91.0 Å². The van der Waals surface area contributed by atoms with Gasteiger partial charge < -0.3 is 28.4 Å². The molecule has 0 amide bonds. The third kappa shape index (κ3) is 10.5. The quantitative estimate of drug-likeness (QED) is 0.0398. The van der Waals surface area contributed by atoms with Gasteiger partial charge in [0.2, 0.25) is 0 Å². The van der Waals surface area contributed by atoms with Crippen molar-refractivity contribution < 1.29 is 38.0 Å². The summed E-state index contributed by atoms with van der Waals surface area (Å²) in [6.45, 7) is 4.52. The molecule has 0 saturated carbocycles. The van der Waals surface area contributed by atoms with Gasteiger partial charge in [0, 0.05) is 18.4 Å². The standard InChI is InChI=1S/C46H42O8/c1-33(31-53-41-23-17-35-11-3-5-13-38(35)29-41)45(47)51-27-9-25-49-40-21-19-37(20-22-40)43-15-7-8-16-44(43)50-26-10-28-52-46(48)34(2)32-54-42-24-18-36-12-4-6-14-39(36)30-42/h3-8,11-24,29-32H,9-10,25-28H2,1-2H3. The average molecular weight is 723 g/mol. The second-order valence-corrected chi connectivity index (χ2v) is 12.6. The van der Waals surface area contributed by atoms with Crippen molar-refractivity contribution in [3.63, 3.8) is 0 Å². The molecule has 0 aliphatic heterocycles. The molecular weight excluding hydrogens is 680 g/mol. The fourth-order valence-corrected chi connectivity index (χ4v) is 5.50. The zero-order chi connectivity index (χ0) is 37.5. The van der Waals surface area contributed by atoms with Crippen LogP contribution in [-0.2, 0) is 19.1 Å². The molecule has 0 radical (unpaired) electrons. The summed E-state index contributed by atoms with van der Waals surface area (Å²) in [4.78, 5) is 24.9. The highest BCUT2D eigenvalue weighted by Crippen LogP contribution is 2.31. The SMILES string of the molecule is CC(=COc1ccc2ccccc2c1)C(=O)OCCCOc1ccc(-c2ccccc2OCCCOC(=O)C(C)=COc2ccc3ccccc3c2)cc1. The second kappa shape index (κ2) is 18.8. The summed E-state index contributed by atoms with van der Waals surface area (Å²) in [7, 11) is 0. The third-order valence-electron chi connectivity index (χ3n) is 8.45. The van der Waals surface area contributed by atoms with Crippen LogP contribution in [0.3, 0.4) is 0 Å². The summed E-state index contributed by atoms with van der Waals surface area (Å²) in [6.07, 6.45) is 3.89. The molecule has 274 valence electrons. The van der Waals surface area contributed by atoms with Gasteiger partial charge in [0.1, 0.15) is 35.5 Å². The Morgan fingerprint density at radius 2 is 0.944 bits per heavy atom. The number of carbonyl (C=O) groups is 2. The van der Waals surface area contributed by atoms with Crippen molar-refractivity contribution in [3.8, 4) is 34.1 Å². The Morgan fingerprint density at radius 3 is 1.50 bits per heavy atom. The maximum absolute atomic E-state index is 12.5. The van der Waals surface area contributed by atoms with E-state index < -0.39 is 11.9 Å². The molecule has 0 saturated heterocycles. The lowest BCUT2D eigenvalue weighted by Crippen LogP contribution is -2.10. The largest absolute Gasteiger partial charge is 0.493 e. The fraction of sp³-hybridized carbons (Fsp3) is 0.174. The first-order valence-corrected chi connectivity index (χ1v) is 17.9. The minimum absolute atomic E-state index is 0.212. The predicted molar refractivity (Wildman–Crippen MR) is 211 cm³/mol. The molecule has 0 bridgehead atoms. The molecule has 54 heavy (non-hydrogen) atoms. The van der Waals surface area contributed by atoms with Crippen molar-refractivity contribution in [2.24, 2.45) is 0 Å². The van der Waals surface area contributed by atoms with Gasteiger partial charge in [-0.2, -0.15) is 0 Å². The van der Waals surface area contributed by atoms with Crippen molar-refractivity contribution in [2.75, 3.05) is 26.4 Å². The van der Waals surface area contributed by atoms with Gasteiger partial charge in [-0.25, -0.2) is 9.59 Å². The molecule has 0 N–H and O–H groups in total. The Hall–Kier alpha value is -6.54. The van der Waals surface area contributed by atoms with Crippen LogP contribution in [0.15, 0.2) is 157 Å². The Morgan fingerprint density at radius 1 is 0.481 bits per heavy atom. The van der Waals surface area contributed by atoms with Crippen LogP contribution in [0.2, 0.25) is 0 Å². The van der Waals surface area contributed by atoms with E-state index in [0.717, 1.165) is 38.4 Å². The second-order valence-electron chi connectivity index (χ2n) is 12.6. The number of esters is 2. The Labute approximate surface area is 315 Å². The Kier molecular flexibility index (Phi) is 13.0. The van der Waals surface area contributed by atoms with E-state index in [1.807, 2.05) is 133 Å². The number of hydrogen-bond donors (Lipinski definition) is 0. The molecule has 0 heterocycles. The molecule has 0 unspecified atom stereocenters. The summed E-state index contributed by atoms with van der Waals surface area (Å²) < 4.78 is 34.1. The predicted octanol–water partition coefficient (Wildman–Crippen LogP) is 10.2. The van der Waals surface area contributed by atoms with Gasteiger partial charge in [-0.3, -0.25) is 0 Å². The minimum atomic E-state index is -0.439. The summed E-state index contributed by atoms with van der Waals surface area (Å²) in [5.74, 6) is 1.85. The molecule has 0 spiro atoms. The maximum Gasteiger partial charge on any atom is 0.336 e. The van der Waals surface area contributed by atoms with E-state index in [0.29, 0.717) is 54.5 Å². The summed E-state index contributed by atoms with van der Waals surface area (Å²) in [6, 6.07) is 43.1. The van der Waals surface area contributed by atoms with E-state index in [1.54, 1.807) is 13.8 Å². The monoisotopic (exact) mass is 722 g/mol. The van der Waals surface area contributed by atoms with Gasteiger partial charge >= 0.3 is 11.9 Å². The number of para-hydroxylation sites is 1. The lowest BCUT2D eigenvalue weighted by atomic mass is 10.0. The topological polar surface area (TPSA) is 89.5 Å². The highest BCUT2D eigenvalue weighted by molar-refractivity contribution is 5.88. The van der Waals surface area contributed by atoms with Crippen LogP contribution in [0.5, 0.6) is 23.0 Å². The average Bonchev–Trinajstić information content (AvgIpc) is 3.21. The molecule has 0 fully saturated rings. The number of benzene rings is 6. The van der Waals surface area contributed by atoms with Crippen LogP contribution in [0.4, 0.5) is 0 Å². The molecule has 0 aliphatic carbocycles. The van der Waals surface area contributed by atoms with Crippen LogP contribution in [0.1, 0.15) is 26.7 Å². The molecule has 6 aromatic carbocycles. The van der Waals surface area contributed by atoms with Crippen LogP contribution in [-0.4, -0.2) is 38.4 Å². The van der Waals surface area contributed by atoms with E-state index in [9.17, 15) is 9.59 Å². The van der Waals surface area contributed by atoms with Crippen LogP contribution >= 0.6 is 0 Å². The summed E-state index contributed by atoms with van der Waals surface area (Å²) in [5, 5.41) is 4.36. The van der Waals surface area contributed by atoms with Crippen LogP contribution < -0.4 is 18.9 Å². The Balaban J connectivity index is 0.879. The van der Waals surface area contributed by atoms with Crippen LogP contribution in [0, 0.1) is 0 Å². The lowest BCUT2D eigenvalue weighted by molar-refractivity contribution is -0.140. The number of fused-ring (bicyclic) bond motifs is 2. The van der Waals surface area contributed by atoms with Gasteiger partial charge in [-0.05, 0) is 83.4 Å². The van der Waals surface area contributed by atoms with Crippen molar-refractivity contribution in [1.82, 2.24) is 0 Å². The zero-order valence-corrected chi connectivity index (χ0v) is 30.4. The van der Waals surface area contributed by atoms with Crippen molar-refractivity contribution in [3.05, 3.63) is 157 Å². The van der Waals surface area contributed by atoms with Gasteiger partial charge in [0.05, 0.1) is 37.6 Å². The van der Waals surface area contributed by atoms with E-state index in [2.05, 4.69) is 0 Å². The summed E-state index contributed by atoms with van der Waals surface area (Å²) in [5.41, 5.74) is 2.64. The Bertz CT molecular complexity index is 2250. The molecule has 0 aliphatic rings. The van der Waals surface area contributed by atoms with E-state index in [-0.39, 0.29) is 13.2 Å². The third-order valence-corrected chi connectivity index (χ3v) is 8.45. The maximum atomic E-state index is 12.5. The first-order valence-electron chi connectivity index (χ1n) is 17.9. The van der Waals surface area contributed by atoms with Gasteiger partial charge in [0.15, 0.2) is 0 Å². The zero-order valence-electron chi connectivity index (χ0n) is 30.4. The van der Waals surface area contributed by atoms with Crippen molar-refractivity contribution in [2.45, 2.75) is 26.7 Å². The highest BCUT2D eigenvalue weighted by Gasteiger charge is 2.10.